The van der Waals surface area contributed by atoms with E-state index >= 15 is 0 Å². The molecule has 168 valence electrons. The molecule has 32 heavy (non-hydrogen) atoms. The highest BCUT2D eigenvalue weighted by atomic mass is 16.6. The Morgan fingerprint density at radius 1 is 0.938 bits per heavy atom. The predicted octanol–water partition coefficient (Wildman–Crippen LogP) is 3.10. The van der Waals surface area contributed by atoms with Crippen LogP contribution >= 0.6 is 0 Å². The van der Waals surface area contributed by atoms with Gasteiger partial charge in [-0.1, -0.05) is 12.1 Å². The number of urea groups is 1. The molecule has 3 amide bonds. The van der Waals surface area contributed by atoms with Crippen molar-refractivity contribution in [1.82, 2.24) is 10.2 Å². The molecule has 1 saturated carbocycles. The normalized spacial score (nSPS) is 16.9. The summed E-state index contributed by atoms with van der Waals surface area (Å²) >= 11 is 0. The zero-order chi connectivity index (χ0) is 21.9. The molecule has 0 spiro atoms. The molecular formula is C24H27N3O5. The van der Waals surface area contributed by atoms with Crippen molar-refractivity contribution in [2.75, 3.05) is 31.7 Å². The molecule has 2 aliphatic heterocycles. The van der Waals surface area contributed by atoms with Gasteiger partial charge in [-0.15, -0.1) is 0 Å². The molecule has 1 aliphatic carbocycles. The number of aryl methyl sites for hydroxylation is 1. The van der Waals surface area contributed by atoms with Crippen LogP contribution in [0.25, 0.3) is 0 Å². The summed E-state index contributed by atoms with van der Waals surface area (Å²) in [5.74, 6) is 2.20. The Balaban J connectivity index is 1.22. The van der Waals surface area contributed by atoms with Crippen molar-refractivity contribution in [1.29, 1.82) is 0 Å². The van der Waals surface area contributed by atoms with E-state index in [1.807, 2.05) is 18.2 Å². The number of rotatable bonds is 5. The van der Waals surface area contributed by atoms with Gasteiger partial charge in [0.2, 0.25) is 5.91 Å². The highest BCUT2D eigenvalue weighted by Crippen LogP contribution is 2.33. The van der Waals surface area contributed by atoms with Gasteiger partial charge in [0, 0.05) is 29.8 Å². The molecule has 2 aromatic rings. The van der Waals surface area contributed by atoms with E-state index in [-0.39, 0.29) is 11.9 Å². The number of anilines is 1. The van der Waals surface area contributed by atoms with E-state index in [4.69, 9.17) is 14.2 Å². The number of fused-ring (bicyclic) bond motifs is 2. The molecule has 2 heterocycles. The topological polar surface area (TPSA) is 89.1 Å². The molecule has 2 aromatic carbocycles. The van der Waals surface area contributed by atoms with E-state index < -0.39 is 0 Å². The summed E-state index contributed by atoms with van der Waals surface area (Å²) in [4.78, 5) is 26.7. The van der Waals surface area contributed by atoms with E-state index in [9.17, 15) is 9.59 Å². The molecule has 0 saturated heterocycles. The maximum absolute atomic E-state index is 12.9. The van der Waals surface area contributed by atoms with Gasteiger partial charge in [0.25, 0.3) is 0 Å². The Hall–Kier alpha value is -3.42. The number of benzene rings is 2. The average molecular weight is 437 g/mol. The predicted molar refractivity (Wildman–Crippen MR) is 118 cm³/mol. The van der Waals surface area contributed by atoms with Gasteiger partial charge in [-0.25, -0.2) is 4.79 Å². The highest BCUT2D eigenvalue weighted by molar-refractivity contribution is 5.89. The zero-order valence-corrected chi connectivity index (χ0v) is 17.9. The van der Waals surface area contributed by atoms with Crippen LogP contribution in [-0.4, -0.2) is 49.2 Å². The molecule has 0 bridgehead atoms. The third-order valence-corrected chi connectivity index (χ3v) is 5.77. The van der Waals surface area contributed by atoms with Crippen LogP contribution in [0.15, 0.2) is 36.4 Å². The number of ether oxygens (including phenoxy) is 3. The van der Waals surface area contributed by atoms with Crippen molar-refractivity contribution in [3.8, 4) is 17.2 Å². The Labute approximate surface area is 186 Å². The highest BCUT2D eigenvalue weighted by Gasteiger charge is 2.24. The first-order chi connectivity index (χ1) is 15.6. The summed E-state index contributed by atoms with van der Waals surface area (Å²) in [5, 5.41) is 5.96. The zero-order valence-electron chi connectivity index (χ0n) is 17.9. The molecule has 0 radical (unpaired) electrons. The Morgan fingerprint density at radius 3 is 2.56 bits per heavy atom. The van der Waals surface area contributed by atoms with E-state index in [1.165, 1.54) is 0 Å². The monoisotopic (exact) mass is 437 g/mol. The van der Waals surface area contributed by atoms with Crippen molar-refractivity contribution in [3.63, 3.8) is 0 Å². The van der Waals surface area contributed by atoms with Crippen molar-refractivity contribution >= 4 is 17.6 Å². The number of carbonyl (C=O) groups is 2. The second kappa shape index (κ2) is 8.98. The van der Waals surface area contributed by atoms with Crippen LogP contribution in [0.2, 0.25) is 0 Å². The maximum atomic E-state index is 12.9. The Morgan fingerprint density at radius 2 is 1.72 bits per heavy atom. The maximum Gasteiger partial charge on any atom is 0.322 e. The molecule has 0 aromatic heterocycles. The quantitative estimate of drug-likeness (QED) is 0.750. The molecule has 5 rings (SSSR count). The summed E-state index contributed by atoms with van der Waals surface area (Å²) in [6.45, 7) is 2.36. The van der Waals surface area contributed by atoms with E-state index in [0.717, 1.165) is 29.7 Å². The lowest BCUT2D eigenvalue weighted by molar-refractivity contribution is -0.121. The number of nitrogens with zero attached hydrogens (tertiary/aromatic N) is 1. The molecule has 8 heteroatoms. The number of nitrogens with one attached hydrogen (secondary N) is 2. The van der Waals surface area contributed by atoms with Crippen LogP contribution < -0.4 is 24.8 Å². The van der Waals surface area contributed by atoms with Gasteiger partial charge in [-0.05, 0) is 43.0 Å². The molecule has 2 N–H and O–H groups in total. The minimum atomic E-state index is -0.202. The van der Waals surface area contributed by atoms with Gasteiger partial charge in [-0.2, -0.15) is 0 Å². The number of carbonyl (C=O) groups excluding carboxylic acids is 2. The second-order valence-electron chi connectivity index (χ2n) is 8.34. The number of hydrogen-bond donors (Lipinski definition) is 2. The second-order valence-corrected chi connectivity index (χ2v) is 8.34. The minimum absolute atomic E-state index is 0.0964. The van der Waals surface area contributed by atoms with Crippen LogP contribution in [0.1, 0.15) is 30.4 Å². The smallest absolute Gasteiger partial charge is 0.322 e. The lowest BCUT2D eigenvalue weighted by Gasteiger charge is -2.22. The van der Waals surface area contributed by atoms with E-state index in [0.29, 0.717) is 69.0 Å². The van der Waals surface area contributed by atoms with Crippen LogP contribution in [0.5, 0.6) is 17.2 Å². The summed E-state index contributed by atoms with van der Waals surface area (Å²) in [5.41, 5.74) is 2.66. The summed E-state index contributed by atoms with van der Waals surface area (Å²) in [6.07, 6.45) is 3.30. The Kier molecular flexibility index (Phi) is 5.75. The van der Waals surface area contributed by atoms with Crippen LogP contribution in [0, 0.1) is 0 Å². The van der Waals surface area contributed by atoms with Gasteiger partial charge >= 0.3 is 6.03 Å². The first-order valence-electron chi connectivity index (χ1n) is 11.1. The van der Waals surface area contributed by atoms with Crippen LogP contribution in [0.3, 0.4) is 0 Å². The van der Waals surface area contributed by atoms with Crippen molar-refractivity contribution in [2.45, 2.75) is 38.3 Å². The van der Waals surface area contributed by atoms with Crippen LogP contribution in [0.4, 0.5) is 10.5 Å². The first kappa shape index (κ1) is 20.5. The fourth-order valence-electron chi connectivity index (χ4n) is 3.89. The summed E-state index contributed by atoms with van der Waals surface area (Å²) in [7, 11) is 0. The number of amides is 3. The fraction of sp³-hybridized carbons (Fsp3) is 0.417. The molecule has 3 aliphatic rings. The summed E-state index contributed by atoms with van der Waals surface area (Å²) < 4.78 is 17.0. The van der Waals surface area contributed by atoms with Gasteiger partial charge in [0.1, 0.15) is 25.6 Å². The van der Waals surface area contributed by atoms with Gasteiger partial charge in [-0.3, -0.25) is 4.79 Å². The van der Waals surface area contributed by atoms with Crippen molar-refractivity contribution < 1.29 is 23.8 Å². The van der Waals surface area contributed by atoms with E-state index in [2.05, 4.69) is 10.6 Å². The fourth-order valence-corrected chi connectivity index (χ4v) is 3.89. The van der Waals surface area contributed by atoms with Gasteiger partial charge in [0.05, 0.1) is 13.1 Å². The molecular weight excluding hydrogens is 410 g/mol. The average Bonchev–Trinajstić information content (AvgIpc) is 3.63. The summed E-state index contributed by atoms with van der Waals surface area (Å²) in [6, 6.07) is 11.5. The number of hydrogen-bond acceptors (Lipinski definition) is 5. The minimum Gasteiger partial charge on any atom is -0.491 e. The Bertz CT molecular complexity index is 1020. The molecule has 0 atom stereocenters. The largest absolute Gasteiger partial charge is 0.491 e. The first-order valence-corrected chi connectivity index (χ1v) is 11.1. The molecule has 1 fully saturated rings. The standard InChI is InChI=1S/C24H27N3O5/c28-23(25-18-3-4-18)8-2-16-1-6-20-17(13-16)15-27(9-10-30-20)24(29)26-19-5-7-21-22(14-19)32-12-11-31-21/h1,5-7,13-14,18H,2-4,8-12,15H2,(H,25,28)(H,26,29). The van der Waals surface area contributed by atoms with Crippen molar-refractivity contribution in [2.24, 2.45) is 0 Å². The lowest BCUT2D eigenvalue weighted by Crippen LogP contribution is -2.36. The van der Waals surface area contributed by atoms with Crippen LogP contribution in [-0.2, 0) is 17.8 Å². The van der Waals surface area contributed by atoms with Crippen molar-refractivity contribution in [3.05, 3.63) is 47.5 Å². The van der Waals surface area contributed by atoms with Gasteiger partial charge < -0.3 is 29.7 Å². The molecule has 8 nitrogen and oxygen atoms in total. The SMILES string of the molecule is O=C(CCc1ccc2c(c1)CN(C(=O)Nc1ccc3c(c1)OCCO3)CCO2)NC1CC1. The third kappa shape index (κ3) is 4.90. The van der Waals surface area contributed by atoms with Gasteiger partial charge in [0.15, 0.2) is 11.5 Å². The lowest BCUT2D eigenvalue weighted by atomic mass is 10.0. The van der Waals surface area contributed by atoms with E-state index in [1.54, 1.807) is 23.1 Å². The third-order valence-electron chi connectivity index (χ3n) is 5.77. The molecule has 0 unspecified atom stereocenters.